The van der Waals surface area contributed by atoms with Crippen molar-refractivity contribution in [3.8, 4) is 0 Å². The van der Waals surface area contributed by atoms with Crippen molar-refractivity contribution < 1.29 is 39.8 Å². The minimum Gasteiger partial charge on any atom is -0.394 e. The summed E-state index contributed by atoms with van der Waals surface area (Å²) < 4.78 is 11.2. The lowest BCUT2D eigenvalue weighted by atomic mass is 9.99. The maximum atomic E-state index is 13.0. The molecule has 1 rings (SSSR count). The second kappa shape index (κ2) is 39.8. The summed E-state index contributed by atoms with van der Waals surface area (Å²) in [5, 5.41) is 54.3. The Morgan fingerprint density at radius 1 is 0.569 bits per heavy atom. The van der Waals surface area contributed by atoms with Gasteiger partial charge in [0.25, 0.3) is 0 Å². The number of hydrogen-bond donors (Lipinski definition) is 6. The fourth-order valence-corrected chi connectivity index (χ4v) is 7.80. The zero-order chi connectivity index (χ0) is 42.3. The lowest BCUT2D eigenvalue weighted by Crippen LogP contribution is -2.60. The highest BCUT2D eigenvalue weighted by molar-refractivity contribution is 5.76. The van der Waals surface area contributed by atoms with Crippen LogP contribution in [0.25, 0.3) is 0 Å². The number of aliphatic hydroxyl groups is 5. The van der Waals surface area contributed by atoms with Gasteiger partial charge in [-0.1, -0.05) is 199 Å². The van der Waals surface area contributed by atoms with Crippen LogP contribution in [0.3, 0.4) is 0 Å². The van der Waals surface area contributed by atoms with Crippen molar-refractivity contribution in [1.82, 2.24) is 5.32 Å². The molecule has 58 heavy (non-hydrogen) atoms. The van der Waals surface area contributed by atoms with E-state index in [2.05, 4.69) is 31.3 Å². The molecule has 9 heteroatoms. The SMILES string of the molecule is CCCCCC/C=C\CCCCCCCCCC(=O)NC(COC1OC(CO)C(O)C(O)C1O)C(O)/C=C/CCCCCCCCCCCCCCCCCCCC. The second-order valence-corrected chi connectivity index (χ2v) is 17.3. The Balaban J connectivity index is 2.32. The Labute approximate surface area is 356 Å². The van der Waals surface area contributed by atoms with Crippen LogP contribution in [-0.2, 0) is 14.3 Å². The van der Waals surface area contributed by atoms with Crippen molar-refractivity contribution in [2.75, 3.05) is 13.2 Å². The molecule has 0 aromatic heterocycles. The molecular formula is C49H93NO8. The van der Waals surface area contributed by atoms with E-state index in [1.807, 2.05) is 6.08 Å². The Morgan fingerprint density at radius 2 is 0.966 bits per heavy atom. The number of aliphatic hydroxyl groups excluding tert-OH is 5. The molecule has 1 saturated heterocycles. The monoisotopic (exact) mass is 824 g/mol. The first-order chi connectivity index (χ1) is 28.3. The van der Waals surface area contributed by atoms with Gasteiger partial charge in [-0.15, -0.1) is 0 Å². The van der Waals surface area contributed by atoms with Crippen molar-refractivity contribution in [2.45, 2.75) is 269 Å². The maximum Gasteiger partial charge on any atom is 0.220 e. The molecule has 0 aromatic rings. The lowest BCUT2D eigenvalue weighted by molar-refractivity contribution is -0.302. The zero-order valence-corrected chi connectivity index (χ0v) is 37.6. The van der Waals surface area contributed by atoms with Gasteiger partial charge in [0.2, 0.25) is 5.91 Å². The summed E-state index contributed by atoms with van der Waals surface area (Å²) in [5.74, 6) is -0.181. The van der Waals surface area contributed by atoms with E-state index in [4.69, 9.17) is 9.47 Å². The first kappa shape index (κ1) is 54.7. The molecule has 0 aliphatic carbocycles. The van der Waals surface area contributed by atoms with Gasteiger partial charge >= 0.3 is 0 Å². The molecule has 0 aromatic carbocycles. The minimum atomic E-state index is -1.56. The second-order valence-electron chi connectivity index (χ2n) is 17.3. The summed E-state index contributed by atoms with van der Waals surface area (Å²) in [6, 6.07) is -0.804. The maximum absolute atomic E-state index is 13.0. The molecule has 1 aliphatic rings. The van der Waals surface area contributed by atoms with Crippen molar-refractivity contribution >= 4 is 5.91 Å². The van der Waals surface area contributed by atoms with Crippen LogP contribution >= 0.6 is 0 Å². The number of carbonyl (C=O) groups excluding carboxylic acids is 1. The molecule has 0 radical (unpaired) electrons. The number of allylic oxidation sites excluding steroid dienone is 3. The Hall–Kier alpha value is -1.33. The van der Waals surface area contributed by atoms with Gasteiger partial charge in [0.1, 0.15) is 24.4 Å². The number of unbranched alkanes of at least 4 members (excludes halogenated alkanes) is 29. The number of hydrogen-bond acceptors (Lipinski definition) is 8. The first-order valence-corrected chi connectivity index (χ1v) is 24.6. The van der Waals surface area contributed by atoms with E-state index in [0.29, 0.717) is 6.42 Å². The zero-order valence-electron chi connectivity index (χ0n) is 37.6. The van der Waals surface area contributed by atoms with Gasteiger partial charge in [-0.05, 0) is 44.9 Å². The Bertz CT molecular complexity index is 961. The number of rotatable bonds is 41. The lowest BCUT2D eigenvalue weighted by Gasteiger charge is -2.40. The number of amides is 1. The smallest absolute Gasteiger partial charge is 0.220 e. The van der Waals surface area contributed by atoms with Gasteiger partial charge in [0, 0.05) is 6.42 Å². The standard InChI is InChI=1S/C49H93NO8/c1-3-5-7-9-11-13-15-17-19-20-21-22-23-25-26-28-30-32-34-36-38-43(52)42(41-57-49-48(56)47(55)46(54)44(40-51)58-49)50-45(53)39-37-35-33-31-29-27-24-18-16-14-12-10-8-6-4-2/h14,16,36,38,42-44,46-49,51-52,54-56H,3-13,15,17-35,37,39-41H2,1-2H3,(H,50,53)/b16-14-,38-36+. The summed E-state index contributed by atoms with van der Waals surface area (Å²) in [6.45, 7) is 3.77. The summed E-state index contributed by atoms with van der Waals surface area (Å²) in [6.07, 6.45) is 40.8. The quantitative estimate of drug-likeness (QED) is 0.0264. The Morgan fingerprint density at radius 3 is 1.41 bits per heavy atom. The third kappa shape index (κ3) is 29.8. The third-order valence-electron chi connectivity index (χ3n) is 11.8. The van der Waals surface area contributed by atoms with Crippen molar-refractivity contribution in [3.05, 3.63) is 24.3 Å². The van der Waals surface area contributed by atoms with E-state index in [-0.39, 0.29) is 12.5 Å². The minimum absolute atomic E-state index is 0.181. The van der Waals surface area contributed by atoms with Crippen LogP contribution in [-0.4, -0.2) is 87.5 Å². The molecule has 9 nitrogen and oxygen atoms in total. The van der Waals surface area contributed by atoms with Gasteiger partial charge in [-0.25, -0.2) is 0 Å². The average molecular weight is 824 g/mol. The molecular weight excluding hydrogens is 731 g/mol. The van der Waals surface area contributed by atoms with Gasteiger partial charge in [-0.2, -0.15) is 0 Å². The fourth-order valence-electron chi connectivity index (χ4n) is 7.80. The number of nitrogens with one attached hydrogen (secondary N) is 1. The van der Waals surface area contributed by atoms with Crippen molar-refractivity contribution in [1.29, 1.82) is 0 Å². The van der Waals surface area contributed by atoms with Gasteiger partial charge in [-0.3, -0.25) is 4.79 Å². The van der Waals surface area contributed by atoms with Crippen molar-refractivity contribution in [2.24, 2.45) is 0 Å². The van der Waals surface area contributed by atoms with Gasteiger partial charge < -0.3 is 40.3 Å². The third-order valence-corrected chi connectivity index (χ3v) is 11.8. The highest BCUT2D eigenvalue weighted by Gasteiger charge is 2.44. The molecule has 342 valence electrons. The average Bonchev–Trinajstić information content (AvgIpc) is 3.22. The highest BCUT2D eigenvalue weighted by Crippen LogP contribution is 2.23. The predicted octanol–water partition coefficient (Wildman–Crippen LogP) is 10.7. The highest BCUT2D eigenvalue weighted by atomic mass is 16.7. The summed E-state index contributed by atoms with van der Waals surface area (Å²) >= 11 is 0. The topological polar surface area (TPSA) is 149 Å². The molecule has 7 unspecified atom stereocenters. The first-order valence-electron chi connectivity index (χ1n) is 24.6. The molecule has 0 spiro atoms. The Kier molecular flexibility index (Phi) is 37.5. The van der Waals surface area contributed by atoms with Crippen LogP contribution in [0.4, 0.5) is 0 Å². The van der Waals surface area contributed by atoms with E-state index in [0.717, 1.165) is 44.9 Å². The van der Waals surface area contributed by atoms with Crippen LogP contribution in [0.2, 0.25) is 0 Å². The van der Waals surface area contributed by atoms with E-state index >= 15 is 0 Å². The molecule has 7 atom stereocenters. The summed E-state index contributed by atoms with van der Waals surface area (Å²) in [5.41, 5.74) is 0. The fraction of sp³-hybridized carbons (Fsp3) is 0.898. The van der Waals surface area contributed by atoms with E-state index in [9.17, 15) is 30.3 Å². The van der Waals surface area contributed by atoms with Crippen LogP contribution in [0.1, 0.15) is 226 Å². The van der Waals surface area contributed by atoms with E-state index in [1.54, 1.807) is 6.08 Å². The molecule has 1 amide bonds. The number of ether oxygens (including phenoxy) is 2. The van der Waals surface area contributed by atoms with Crippen LogP contribution in [0, 0.1) is 0 Å². The molecule has 1 fully saturated rings. The molecule has 1 heterocycles. The van der Waals surface area contributed by atoms with E-state index < -0.39 is 49.5 Å². The normalized spacial score (nSPS) is 21.0. The number of carbonyl (C=O) groups is 1. The summed E-state index contributed by atoms with van der Waals surface area (Å²) in [4.78, 5) is 13.0. The van der Waals surface area contributed by atoms with E-state index in [1.165, 1.54) is 161 Å². The molecule has 0 bridgehead atoms. The molecule has 0 saturated carbocycles. The summed E-state index contributed by atoms with van der Waals surface area (Å²) in [7, 11) is 0. The van der Waals surface area contributed by atoms with Gasteiger partial charge in [0.15, 0.2) is 6.29 Å². The predicted molar refractivity (Wildman–Crippen MR) is 240 cm³/mol. The van der Waals surface area contributed by atoms with Crippen LogP contribution in [0.15, 0.2) is 24.3 Å². The largest absolute Gasteiger partial charge is 0.394 e. The van der Waals surface area contributed by atoms with Crippen LogP contribution < -0.4 is 5.32 Å². The van der Waals surface area contributed by atoms with Gasteiger partial charge in [0.05, 0.1) is 25.4 Å². The van der Waals surface area contributed by atoms with Crippen LogP contribution in [0.5, 0.6) is 0 Å². The molecule has 1 aliphatic heterocycles. The molecule has 6 N–H and O–H groups in total. The van der Waals surface area contributed by atoms with Crippen molar-refractivity contribution in [3.63, 3.8) is 0 Å².